The van der Waals surface area contributed by atoms with Crippen molar-refractivity contribution in [1.29, 1.82) is 0 Å². The van der Waals surface area contributed by atoms with Gasteiger partial charge in [-0.1, -0.05) is 0 Å². The van der Waals surface area contributed by atoms with Crippen molar-refractivity contribution < 1.29 is 9.53 Å². The number of carbonyl (C=O) groups excluding carboxylic acids is 1. The van der Waals surface area contributed by atoms with Gasteiger partial charge in [-0.15, -0.1) is 0 Å². The predicted octanol–water partition coefficient (Wildman–Crippen LogP) is 3.15. The van der Waals surface area contributed by atoms with Gasteiger partial charge in [0.1, 0.15) is 5.60 Å². The molecule has 1 saturated carbocycles. The van der Waals surface area contributed by atoms with E-state index in [4.69, 9.17) is 10.5 Å². The second-order valence-electron chi connectivity index (χ2n) is 7.50. The number of hydrogen-bond donors (Lipinski definition) is 1. The highest BCUT2D eigenvalue weighted by Gasteiger charge is 2.33. The summed E-state index contributed by atoms with van der Waals surface area (Å²) < 4.78 is 5.50. The molecule has 0 aromatic carbocycles. The number of likely N-dealkylation sites (tertiary alicyclic amines) is 1. The molecule has 1 heterocycles. The topological polar surface area (TPSA) is 55.6 Å². The number of nitrogens with zero attached hydrogens (tertiary/aromatic N) is 1. The number of piperidine rings is 1. The molecular formula is C16H30N2O2. The molecular weight excluding hydrogens is 252 g/mol. The largest absolute Gasteiger partial charge is 0.444 e. The molecule has 0 unspecified atom stereocenters. The van der Waals surface area contributed by atoms with Crippen molar-refractivity contribution in [2.45, 2.75) is 70.9 Å². The van der Waals surface area contributed by atoms with Gasteiger partial charge in [0.25, 0.3) is 0 Å². The zero-order chi connectivity index (χ0) is 14.8. The molecule has 20 heavy (non-hydrogen) atoms. The first kappa shape index (κ1) is 15.6. The number of nitrogens with two attached hydrogens (primary N) is 1. The fraction of sp³-hybridized carbons (Fsp3) is 0.938. The van der Waals surface area contributed by atoms with Gasteiger partial charge in [-0.3, -0.25) is 0 Å². The van der Waals surface area contributed by atoms with Gasteiger partial charge >= 0.3 is 6.09 Å². The van der Waals surface area contributed by atoms with Crippen LogP contribution in [0.3, 0.4) is 0 Å². The molecule has 4 heteroatoms. The summed E-state index contributed by atoms with van der Waals surface area (Å²) in [6.45, 7) is 7.49. The summed E-state index contributed by atoms with van der Waals surface area (Å²) >= 11 is 0. The Morgan fingerprint density at radius 3 is 2.35 bits per heavy atom. The van der Waals surface area contributed by atoms with E-state index in [1.54, 1.807) is 0 Å². The third-order valence-electron chi connectivity index (χ3n) is 4.59. The quantitative estimate of drug-likeness (QED) is 0.803. The summed E-state index contributed by atoms with van der Waals surface area (Å²) in [6, 6.07) is 0.400. The van der Waals surface area contributed by atoms with Crippen LogP contribution in [-0.2, 0) is 4.74 Å². The number of hydrogen-bond acceptors (Lipinski definition) is 3. The smallest absolute Gasteiger partial charge is 0.410 e. The fourth-order valence-electron chi connectivity index (χ4n) is 3.50. The summed E-state index contributed by atoms with van der Waals surface area (Å²) in [5.74, 6) is 1.39. The van der Waals surface area contributed by atoms with Crippen molar-refractivity contribution in [2.24, 2.45) is 17.6 Å². The molecule has 2 rings (SSSR count). The number of amides is 1. The minimum absolute atomic E-state index is 0.144. The molecule has 1 atom stereocenters. The Morgan fingerprint density at radius 2 is 1.75 bits per heavy atom. The SMILES string of the molecule is CC(C)(C)OC(=O)N1CCC[C@@H](C2CCC(N)CC2)C1. The Kier molecular flexibility index (Phi) is 4.95. The van der Waals surface area contributed by atoms with E-state index in [2.05, 4.69) is 0 Å². The molecule has 1 amide bonds. The van der Waals surface area contributed by atoms with Gasteiger partial charge < -0.3 is 15.4 Å². The van der Waals surface area contributed by atoms with Gasteiger partial charge in [0.15, 0.2) is 0 Å². The van der Waals surface area contributed by atoms with Crippen molar-refractivity contribution in [3.63, 3.8) is 0 Å². The number of carbonyl (C=O) groups is 1. The lowest BCUT2D eigenvalue weighted by Crippen LogP contribution is -2.45. The molecule has 1 saturated heterocycles. The van der Waals surface area contributed by atoms with E-state index >= 15 is 0 Å². The van der Waals surface area contributed by atoms with E-state index in [1.807, 2.05) is 25.7 Å². The van der Waals surface area contributed by atoms with E-state index < -0.39 is 5.60 Å². The van der Waals surface area contributed by atoms with Crippen LogP contribution in [0, 0.1) is 11.8 Å². The molecule has 2 N–H and O–H groups in total. The Hall–Kier alpha value is -0.770. The lowest BCUT2D eigenvalue weighted by atomic mass is 9.75. The van der Waals surface area contributed by atoms with E-state index in [-0.39, 0.29) is 6.09 Å². The maximum Gasteiger partial charge on any atom is 0.410 e. The molecule has 0 bridgehead atoms. The van der Waals surface area contributed by atoms with Gasteiger partial charge in [-0.2, -0.15) is 0 Å². The molecule has 2 fully saturated rings. The van der Waals surface area contributed by atoms with Crippen molar-refractivity contribution >= 4 is 6.09 Å². The van der Waals surface area contributed by atoms with Gasteiger partial charge in [-0.25, -0.2) is 4.79 Å². The highest BCUT2D eigenvalue weighted by Crippen LogP contribution is 2.34. The molecule has 1 aliphatic heterocycles. The van der Waals surface area contributed by atoms with Crippen LogP contribution in [-0.4, -0.2) is 35.7 Å². The normalized spacial score (nSPS) is 32.0. The summed E-state index contributed by atoms with van der Waals surface area (Å²) in [4.78, 5) is 14.1. The van der Waals surface area contributed by atoms with Crippen LogP contribution in [0.25, 0.3) is 0 Å². The fourth-order valence-corrected chi connectivity index (χ4v) is 3.50. The Balaban J connectivity index is 1.86. The maximum atomic E-state index is 12.2. The summed E-state index contributed by atoms with van der Waals surface area (Å²) in [5, 5.41) is 0. The first-order valence-electron chi connectivity index (χ1n) is 8.08. The average Bonchev–Trinajstić information content (AvgIpc) is 2.38. The van der Waals surface area contributed by atoms with Gasteiger partial charge in [-0.05, 0) is 71.1 Å². The van der Waals surface area contributed by atoms with Crippen molar-refractivity contribution in [2.75, 3.05) is 13.1 Å². The Bertz CT molecular complexity index is 330. The average molecular weight is 282 g/mol. The van der Waals surface area contributed by atoms with Crippen molar-refractivity contribution in [3.8, 4) is 0 Å². The van der Waals surface area contributed by atoms with Crippen LogP contribution < -0.4 is 5.73 Å². The highest BCUT2D eigenvalue weighted by molar-refractivity contribution is 5.68. The van der Waals surface area contributed by atoms with E-state index in [0.29, 0.717) is 12.0 Å². The molecule has 1 aliphatic carbocycles. The molecule has 0 spiro atoms. The van der Waals surface area contributed by atoms with Gasteiger partial charge in [0.05, 0.1) is 0 Å². The minimum atomic E-state index is -0.401. The van der Waals surface area contributed by atoms with Crippen LogP contribution in [0.4, 0.5) is 4.79 Å². The Morgan fingerprint density at radius 1 is 1.10 bits per heavy atom. The summed E-state index contributed by atoms with van der Waals surface area (Å²) in [7, 11) is 0. The second-order valence-corrected chi connectivity index (χ2v) is 7.50. The second kappa shape index (κ2) is 6.33. The van der Waals surface area contributed by atoms with Crippen molar-refractivity contribution in [1.82, 2.24) is 4.90 Å². The minimum Gasteiger partial charge on any atom is -0.444 e. The van der Waals surface area contributed by atoms with Crippen LogP contribution in [0.2, 0.25) is 0 Å². The monoisotopic (exact) mass is 282 g/mol. The van der Waals surface area contributed by atoms with Crippen molar-refractivity contribution in [3.05, 3.63) is 0 Å². The highest BCUT2D eigenvalue weighted by atomic mass is 16.6. The molecule has 4 nitrogen and oxygen atoms in total. The lowest BCUT2D eigenvalue weighted by Gasteiger charge is -2.39. The zero-order valence-corrected chi connectivity index (χ0v) is 13.2. The van der Waals surface area contributed by atoms with Crippen LogP contribution in [0.1, 0.15) is 59.3 Å². The third-order valence-corrected chi connectivity index (χ3v) is 4.59. The van der Waals surface area contributed by atoms with Gasteiger partial charge in [0.2, 0.25) is 0 Å². The number of rotatable bonds is 1. The van der Waals surface area contributed by atoms with Crippen LogP contribution in [0.5, 0.6) is 0 Å². The summed E-state index contributed by atoms with van der Waals surface area (Å²) in [5.41, 5.74) is 5.59. The molecule has 116 valence electrons. The van der Waals surface area contributed by atoms with E-state index in [9.17, 15) is 4.79 Å². The lowest BCUT2D eigenvalue weighted by molar-refractivity contribution is 0.0111. The molecule has 2 aliphatic rings. The molecule has 0 radical (unpaired) electrons. The van der Waals surface area contributed by atoms with E-state index in [1.165, 1.54) is 19.3 Å². The first-order valence-corrected chi connectivity index (χ1v) is 8.08. The van der Waals surface area contributed by atoms with Crippen LogP contribution in [0.15, 0.2) is 0 Å². The first-order chi connectivity index (χ1) is 9.35. The Labute approximate surface area is 123 Å². The molecule has 0 aromatic heterocycles. The number of ether oxygens (including phenoxy) is 1. The van der Waals surface area contributed by atoms with E-state index in [0.717, 1.165) is 38.3 Å². The van der Waals surface area contributed by atoms with Crippen LogP contribution >= 0.6 is 0 Å². The predicted molar refractivity (Wildman–Crippen MR) is 80.5 cm³/mol. The summed E-state index contributed by atoms with van der Waals surface area (Å²) in [6.07, 6.45) is 6.96. The zero-order valence-electron chi connectivity index (χ0n) is 13.2. The standard InChI is InChI=1S/C16H30N2O2/c1-16(2,3)20-15(19)18-10-4-5-13(11-18)12-6-8-14(17)9-7-12/h12-14H,4-11,17H2,1-3H3/t12?,13-,14?/m1/s1. The van der Waals surface area contributed by atoms with Gasteiger partial charge in [0, 0.05) is 19.1 Å². The maximum absolute atomic E-state index is 12.2. The third kappa shape index (κ3) is 4.37. The molecule has 0 aromatic rings.